The lowest BCUT2D eigenvalue weighted by Gasteiger charge is -2.33. The van der Waals surface area contributed by atoms with Crippen LogP contribution in [0.1, 0.15) is 142 Å². The fourth-order valence-electron chi connectivity index (χ4n) is 6.49. The molecule has 1 unspecified atom stereocenters. The number of hydrogen-bond acceptors (Lipinski definition) is 3. The van der Waals surface area contributed by atoms with Crippen molar-refractivity contribution >= 4 is 22.7 Å². The van der Waals surface area contributed by atoms with E-state index in [2.05, 4.69) is 163 Å². The number of aryl methyl sites for hydroxylation is 1. The van der Waals surface area contributed by atoms with Crippen LogP contribution in [0.5, 0.6) is 0 Å². The average Bonchev–Trinajstić information content (AvgIpc) is 3.56. The van der Waals surface area contributed by atoms with Gasteiger partial charge in [0.1, 0.15) is 0 Å². The van der Waals surface area contributed by atoms with Gasteiger partial charge >= 0.3 is 0 Å². The third-order valence-electron chi connectivity index (χ3n) is 9.08. The van der Waals surface area contributed by atoms with Crippen molar-refractivity contribution in [1.82, 2.24) is 18.3 Å². The summed E-state index contributed by atoms with van der Waals surface area (Å²) in [7, 11) is 0. The minimum absolute atomic E-state index is 0.0221. The van der Waals surface area contributed by atoms with Gasteiger partial charge < -0.3 is 23.6 Å². The van der Waals surface area contributed by atoms with Crippen LogP contribution in [0.4, 0.5) is 22.7 Å². The zero-order valence-corrected chi connectivity index (χ0v) is 29.9. The molecule has 1 N–H and O–H groups in total. The summed E-state index contributed by atoms with van der Waals surface area (Å²) in [6, 6.07) is 10.5. The standard InChI is InChI=1S/C38H55N7/c1-14-29-30-19-27(10)20-32(39-36-42(23(2)3)15-16-43(36)24(4)5)34(30)41-35-31(29)21-28(38(11,12)13)22-33(35)40-37-44(25(6)7)17-18-45(37)26(8)9/h15-26,29,41H,14H2,1-13H3. The Morgan fingerprint density at radius 1 is 0.644 bits per heavy atom. The van der Waals surface area contributed by atoms with Gasteiger partial charge in [-0.25, -0.2) is 9.98 Å². The maximum absolute atomic E-state index is 5.49. The zero-order chi connectivity index (χ0) is 33.0. The largest absolute Gasteiger partial charge is 0.352 e. The summed E-state index contributed by atoms with van der Waals surface area (Å²) in [5, 5.41) is 3.94. The Hall–Kier alpha value is -3.74. The van der Waals surface area contributed by atoms with E-state index in [9.17, 15) is 0 Å². The molecular formula is C38H55N7. The summed E-state index contributed by atoms with van der Waals surface area (Å²) < 4.78 is 9.09. The van der Waals surface area contributed by atoms with Crippen molar-refractivity contribution in [1.29, 1.82) is 0 Å². The van der Waals surface area contributed by atoms with Gasteiger partial charge in [-0.1, -0.05) is 39.8 Å². The summed E-state index contributed by atoms with van der Waals surface area (Å²) in [4.78, 5) is 10.9. The van der Waals surface area contributed by atoms with Crippen molar-refractivity contribution in [2.45, 2.75) is 132 Å². The summed E-state index contributed by atoms with van der Waals surface area (Å²) in [6.07, 6.45) is 9.62. The van der Waals surface area contributed by atoms with Crippen molar-refractivity contribution in [3.8, 4) is 0 Å². The summed E-state index contributed by atoms with van der Waals surface area (Å²) in [5.41, 5.74) is 11.2. The molecule has 3 heterocycles. The molecule has 4 aromatic rings. The highest BCUT2D eigenvalue weighted by molar-refractivity contribution is 5.88. The Bertz CT molecular complexity index is 1770. The van der Waals surface area contributed by atoms with Gasteiger partial charge in [0.15, 0.2) is 0 Å². The zero-order valence-electron chi connectivity index (χ0n) is 29.9. The van der Waals surface area contributed by atoms with Crippen molar-refractivity contribution in [2.24, 2.45) is 9.98 Å². The normalized spacial score (nSPS) is 14.7. The molecular weight excluding hydrogens is 554 g/mol. The molecule has 0 fully saturated rings. The number of fused-ring (bicyclic) bond motifs is 2. The van der Waals surface area contributed by atoms with Gasteiger partial charge in [-0.3, -0.25) is 0 Å². The first kappa shape index (κ1) is 32.6. The van der Waals surface area contributed by atoms with E-state index in [1.807, 2.05) is 0 Å². The van der Waals surface area contributed by atoms with Gasteiger partial charge in [0.25, 0.3) is 0 Å². The average molecular weight is 610 g/mol. The van der Waals surface area contributed by atoms with Crippen LogP contribution in [0.15, 0.2) is 59.0 Å². The molecule has 0 radical (unpaired) electrons. The molecule has 1 aliphatic rings. The van der Waals surface area contributed by atoms with Crippen LogP contribution in [0.25, 0.3) is 0 Å². The second kappa shape index (κ2) is 12.2. The molecule has 0 saturated carbocycles. The number of anilines is 2. The van der Waals surface area contributed by atoms with E-state index in [-0.39, 0.29) is 11.3 Å². The SMILES string of the molecule is CCC1c2cc(C)cc(N=c3n(C(C)C)ccn3C(C)C)c2Nc2c(N=c3n(C(C)C)ccn3C(C)C)cc(C(C)(C)C)cc21. The maximum Gasteiger partial charge on any atom is 0.210 e. The monoisotopic (exact) mass is 609 g/mol. The highest BCUT2D eigenvalue weighted by atomic mass is 15.2. The molecule has 0 saturated heterocycles. The Morgan fingerprint density at radius 2 is 1.04 bits per heavy atom. The van der Waals surface area contributed by atoms with Gasteiger partial charge in [-0.05, 0) is 109 Å². The Balaban J connectivity index is 1.84. The Kier molecular flexibility index (Phi) is 8.87. The predicted octanol–water partition coefficient (Wildman–Crippen LogP) is 9.89. The first-order valence-corrected chi connectivity index (χ1v) is 16.9. The molecule has 1 aliphatic heterocycles. The van der Waals surface area contributed by atoms with E-state index in [1.54, 1.807) is 0 Å². The van der Waals surface area contributed by atoms with Crippen LogP contribution in [0.2, 0.25) is 0 Å². The first-order chi connectivity index (χ1) is 21.1. The molecule has 7 nitrogen and oxygen atoms in total. The van der Waals surface area contributed by atoms with E-state index in [4.69, 9.17) is 9.98 Å². The van der Waals surface area contributed by atoms with Crippen LogP contribution >= 0.6 is 0 Å². The number of benzene rings is 2. The molecule has 1 atom stereocenters. The molecule has 45 heavy (non-hydrogen) atoms. The van der Waals surface area contributed by atoms with Gasteiger partial charge in [-0.2, -0.15) is 0 Å². The van der Waals surface area contributed by atoms with E-state index in [0.717, 1.165) is 40.4 Å². The van der Waals surface area contributed by atoms with E-state index in [0.29, 0.717) is 24.2 Å². The van der Waals surface area contributed by atoms with Gasteiger partial charge in [0, 0.05) is 54.9 Å². The minimum atomic E-state index is -0.0221. The fraction of sp³-hybridized carbons (Fsp3) is 0.526. The quantitative estimate of drug-likeness (QED) is 0.223. The second-order valence-electron chi connectivity index (χ2n) is 15.0. The number of hydrogen-bond donors (Lipinski definition) is 1. The molecule has 0 spiro atoms. The molecule has 5 rings (SSSR count). The van der Waals surface area contributed by atoms with Crippen molar-refractivity contribution < 1.29 is 0 Å². The first-order valence-electron chi connectivity index (χ1n) is 16.9. The fourth-order valence-corrected chi connectivity index (χ4v) is 6.49. The van der Waals surface area contributed by atoms with Crippen LogP contribution in [0, 0.1) is 6.92 Å². The number of aromatic nitrogens is 4. The van der Waals surface area contributed by atoms with Crippen molar-refractivity contribution in [3.05, 3.63) is 82.5 Å². The Labute approximate surface area is 270 Å². The van der Waals surface area contributed by atoms with Crippen LogP contribution in [-0.2, 0) is 5.41 Å². The Morgan fingerprint density at radius 3 is 1.42 bits per heavy atom. The minimum Gasteiger partial charge on any atom is -0.352 e. The number of nitrogens with zero attached hydrogens (tertiary/aromatic N) is 6. The van der Waals surface area contributed by atoms with Crippen molar-refractivity contribution in [3.63, 3.8) is 0 Å². The van der Waals surface area contributed by atoms with Crippen LogP contribution < -0.4 is 16.6 Å². The molecule has 2 aromatic carbocycles. The highest BCUT2D eigenvalue weighted by Gasteiger charge is 2.31. The molecule has 0 amide bonds. The number of rotatable bonds is 7. The summed E-state index contributed by atoms with van der Waals surface area (Å²) >= 11 is 0. The molecule has 2 aromatic heterocycles. The summed E-state index contributed by atoms with van der Waals surface area (Å²) in [5.74, 6) is 0.226. The van der Waals surface area contributed by atoms with E-state index in [1.165, 1.54) is 22.3 Å². The second-order valence-corrected chi connectivity index (χ2v) is 15.0. The third kappa shape index (κ3) is 6.10. The maximum atomic E-state index is 5.49. The smallest absolute Gasteiger partial charge is 0.210 e. The summed E-state index contributed by atoms with van der Waals surface area (Å²) in [6.45, 7) is 29.1. The topological polar surface area (TPSA) is 56.5 Å². The molecule has 0 aliphatic carbocycles. The van der Waals surface area contributed by atoms with Gasteiger partial charge in [0.05, 0.1) is 22.7 Å². The van der Waals surface area contributed by atoms with Crippen LogP contribution in [-0.4, -0.2) is 18.3 Å². The van der Waals surface area contributed by atoms with Crippen molar-refractivity contribution in [2.75, 3.05) is 5.32 Å². The van der Waals surface area contributed by atoms with E-state index >= 15 is 0 Å². The van der Waals surface area contributed by atoms with Gasteiger partial charge in [-0.15, -0.1) is 0 Å². The van der Waals surface area contributed by atoms with Gasteiger partial charge in [0.2, 0.25) is 11.2 Å². The number of nitrogens with one attached hydrogen (secondary N) is 1. The lowest BCUT2D eigenvalue weighted by molar-refractivity contribution is 0.510. The number of imidazole rings is 2. The molecule has 0 bridgehead atoms. The molecule has 242 valence electrons. The lowest BCUT2D eigenvalue weighted by atomic mass is 9.78. The lowest BCUT2D eigenvalue weighted by Crippen LogP contribution is -2.28. The highest BCUT2D eigenvalue weighted by Crippen LogP contribution is 2.51. The predicted molar refractivity (Wildman–Crippen MR) is 189 cm³/mol. The van der Waals surface area contributed by atoms with E-state index < -0.39 is 0 Å². The third-order valence-corrected chi connectivity index (χ3v) is 9.08. The molecule has 7 heteroatoms. The van der Waals surface area contributed by atoms with Crippen LogP contribution in [0.3, 0.4) is 0 Å².